The lowest BCUT2D eigenvalue weighted by molar-refractivity contribution is 0.0914. The zero-order valence-corrected chi connectivity index (χ0v) is 11.3. The van der Waals surface area contributed by atoms with Crippen LogP contribution in [0.25, 0.3) is 0 Å². The minimum absolute atomic E-state index is 0.118. The van der Waals surface area contributed by atoms with Crippen LogP contribution >= 0.6 is 0 Å². The predicted molar refractivity (Wildman–Crippen MR) is 73.3 cm³/mol. The summed E-state index contributed by atoms with van der Waals surface area (Å²) in [6.45, 7) is 0. The highest BCUT2D eigenvalue weighted by Gasteiger charge is 2.26. The number of nitrogen functional groups attached to an aromatic ring is 1. The number of rotatable bonds is 4. The first-order valence-electron chi connectivity index (χ1n) is 6.40. The summed E-state index contributed by atoms with van der Waals surface area (Å²) in [6.07, 6.45) is 3.05. The molecule has 0 saturated heterocycles. The van der Waals surface area contributed by atoms with Gasteiger partial charge in [-0.3, -0.25) is 4.79 Å². The maximum atomic E-state index is 12.2. The molecule has 3 N–H and O–H groups in total. The third kappa shape index (κ3) is 3.38. The van der Waals surface area contributed by atoms with E-state index in [4.69, 9.17) is 15.2 Å². The van der Waals surface area contributed by atoms with Crippen molar-refractivity contribution in [1.82, 2.24) is 5.32 Å². The second kappa shape index (κ2) is 5.93. The number of nitrogens with two attached hydrogens (primary N) is 1. The van der Waals surface area contributed by atoms with Gasteiger partial charge in [-0.1, -0.05) is 0 Å². The molecule has 1 fully saturated rings. The van der Waals surface area contributed by atoms with Gasteiger partial charge in [0.05, 0.1) is 13.2 Å². The van der Waals surface area contributed by atoms with Gasteiger partial charge in [0, 0.05) is 30.5 Å². The van der Waals surface area contributed by atoms with Crippen LogP contribution < -0.4 is 15.8 Å². The number of nitrogens with one attached hydrogen (secondary N) is 1. The van der Waals surface area contributed by atoms with Crippen molar-refractivity contribution in [3.05, 3.63) is 23.8 Å². The van der Waals surface area contributed by atoms with Crippen LogP contribution in [0.1, 0.15) is 29.6 Å². The molecule has 1 saturated carbocycles. The third-order valence-corrected chi connectivity index (χ3v) is 3.48. The Hall–Kier alpha value is -1.75. The van der Waals surface area contributed by atoms with Crippen molar-refractivity contribution in [3.63, 3.8) is 0 Å². The number of ether oxygens (including phenoxy) is 2. The molecule has 1 aromatic carbocycles. The molecular formula is C14H20N2O3. The second-order valence-corrected chi connectivity index (χ2v) is 4.84. The Labute approximate surface area is 113 Å². The monoisotopic (exact) mass is 264 g/mol. The number of carbonyl (C=O) groups is 1. The average Bonchev–Trinajstić information content (AvgIpc) is 2.85. The molecule has 104 valence electrons. The zero-order valence-electron chi connectivity index (χ0n) is 11.3. The molecule has 0 heterocycles. The molecule has 5 heteroatoms. The first kappa shape index (κ1) is 13.7. The number of amides is 1. The molecular weight excluding hydrogens is 244 g/mol. The van der Waals surface area contributed by atoms with Gasteiger partial charge < -0.3 is 20.5 Å². The fourth-order valence-electron chi connectivity index (χ4n) is 2.43. The Morgan fingerprint density at radius 2 is 2.11 bits per heavy atom. The third-order valence-electron chi connectivity index (χ3n) is 3.48. The molecule has 2 atom stereocenters. The van der Waals surface area contributed by atoms with Gasteiger partial charge in [0.2, 0.25) is 0 Å². The fourth-order valence-corrected chi connectivity index (χ4v) is 2.43. The van der Waals surface area contributed by atoms with Crippen LogP contribution in [0.15, 0.2) is 18.2 Å². The van der Waals surface area contributed by atoms with Gasteiger partial charge in [-0.25, -0.2) is 0 Å². The predicted octanol–water partition coefficient (Wildman–Crippen LogP) is 1.57. The Morgan fingerprint density at radius 1 is 1.32 bits per heavy atom. The normalized spacial score (nSPS) is 22.2. The summed E-state index contributed by atoms with van der Waals surface area (Å²) in [4.78, 5) is 12.2. The standard InChI is InChI=1S/C14H20N2O3/c1-18-12-4-3-11(8-12)16-14(17)9-5-10(15)7-13(6-9)19-2/h5-7,11-12H,3-4,8,15H2,1-2H3,(H,16,17). The number of benzene rings is 1. The van der Waals surface area contributed by atoms with E-state index in [0.717, 1.165) is 19.3 Å². The summed E-state index contributed by atoms with van der Waals surface area (Å²) in [5, 5.41) is 3.01. The van der Waals surface area contributed by atoms with E-state index in [-0.39, 0.29) is 18.1 Å². The van der Waals surface area contributed by atoms with Crippen LogP contribution in [0.5, 0.6) is 5.75 Å². The van der Waals surface area contributed by atoms with Crippen LogP contribution in [0.2, 0.25) is 0 Å². The average molecular weight is 264 g/mol. The lowest BCUT2D eigenvalue weighted by Gasteiger charge is -2.13. The highest BCUT2D eigenvalue weighted by Crippen LogP contribution is 2.23. The number of carbonyl (C=O) groups excluding carboxylic acids is 1. The van der Waals surface area contributed by atoms with Crippen molar-refractivity contribution < 1.29 is 14.3 Å². The first-order chi connectivity index (χ1) is 9.12. The Kier molecular flexibility index (Phi) is 4.27. The summed E-state index contributed by atoms with van der Waals surface area (Å²) < 4.78 is 10.4. The molecule has 1 amide bonds. The van der Waals surface area contributed by atoms with Crippen LogP contribution in [-0.4, -0.2) is 32.3 Å². The highest BCUT2D eigenvalue weighted by atomic mass is 16.5. The van der Waals surface area contributed by atoms with Crippen LogP contribution in [0.3, 0.4) is 0 Å². The Bertz CT molecular complexity index is 462. The molecule has 0 spiro atoms. The lowest BCUT2D eigenvalue weighted by Crippen LogP contribution is -2.33. The number of anilines is 1. The topological polar surface area (TPSA) is 73.6 Å². The van der Waals surface area contributed by atoms with Gasteiger partial charge in [-0.15, -0.1) is 0 Å². The van der Waals surface area contributed by atoms with Gasteiger partial charge >= 0.3 is 0 Å². The molecule has 1 aromatic rings. The lowest BCUT2D eigenvalue weighted by atomic mass is 10.1. The highest BCUT2D eigenvalue weighted by molar-refractivity contribution is 5.95. The zero-order chi connectivity index (χ0) is 13.8. The largest absolute Gasteiger partial charge is 0.497 e. The molecule has 0 aliphatic heterocycles. The maximum absolute atomic E-state index is 12.2. The van der Waals surface area contributed by atoms with Gasteiger partial charge in [-0.2, -0.15) is 0 Å². The molecule has 19 heavy (non-hydrogen) atoms. The minimum atomic E-state index is -0.118. The van der Waals surface area contributed by atoms with E-state index in [2.05, 4.69) is 5.32 Å². The van der Waals surface area contributed by atoms with Crippen molar-refractivity contribution in [3.8, 4) is 5.75 Å². The van der Waals surface area contributed by atoms with Gasteiger partial charge in [0.15, 0.2) is 0 Å². The Balaban J connectivity index is 2.02. The quantitative estimate of drug-likeness (QED) is 0.810. The van der Waals surface area contributed by atoms with Crippen LogP contribution in [0, 0.1) is 0 Å². The summed E-state index contributed by atoms with van der Waals surface area (Å²) >= 11 is 0. The molecule has 1 aliphatic rings. The Morgan fingerprint density at radius 3 is 2.74 bits per heavy atom. The maximum Gasteiger partial charge on any atom is 0.251 e. The number of methoxy groups -OCH3 is 2. The molecule has 1 aliphatic carbocycles. The smallest absolute Gasteiger partial charge is 0.251 e. The van der Waals surface area contributed by atoms with Crippen LogP contribution in [0.4, 0.5) is 5.69 Å². The second-order valence-electron chi connectivity index (χ2n) is 4.84. The van der Waals surface area contributed by atoms with E-state index in [1.54, 1.807) is 32.4 Å². The summed E-state index contributed by atoms with van der Waals surface area (Å²) in [5.41, 5.74) is 6.79. The number of hydrogen-bond donors (Lipinski definition) is 2. The minimum Gasteiger partial charge on any atom is -0.497 e. The summed E-state index contributed by atoms with van der Waals surface area (Å²) in [7, 11) is 3.26. The molecule has 0 aromatic heterocycles. The summed E-state index contributed by atoms with van der Waals surface area (Å²) in [5.74, 6) is 0.471. The molecule has 2 unspecified atom stereocenters. The van der Waals surface area contributed by atoms with Gasteiger partial charge in [-0.05, 0) is 31.4 Å². The number of hydrogen-bond acceptors (Lipinski definition) is 4. The van der Waals surface area contributed by atoms with Gasteiger partial charge in [0.1, 0.15) is 5.75 Å². The molecule has 0 radical (unpaired) electrons. The fraction of sp³-hybridized carbons (Fsp3) is 0.500. The van der Waals surface area contributed by atoms with E-state index >= 15 is 0 Å². The van der Waals surface area contributed by atoms with E-state index in [0.29, 0.717) is 17.0 Å². The SMILES string of the molecule is COc1cc(N)cc(C(=O)NC2CCC(OC)C2)c1. The molecule has 5 nitrogen and oxygen atoms in total. The van der Waals surface area contributed by atoms with E-state index in [1.165, 1.54) is 0 Å². The van der Waals surface area contributed by atoms with Crippen molar-refractivity contribution in [1.29, 1.82) is 0 Å². The molecule has 0 bridgehead atoms. The van der Waals surface area contributed by atoms with Crippen molar-refractivity contribution in [2.45, 2.75) is 31.4 Å². The van der Waals surface area contributed by atoms with E-state index in [1.807, 2.05) is 0 Å². The van der Waals surface area contributed by atoms with Crippen LogP contribution in [-0.2, 0) is 4.74 Å². The first-order valence-corrected chi connectivity index (χ1v) is 6.40. The van der Waals surface area contributed by atoms with Gasteiger partial charge in [0.25, 0.3) is 5.91 Å². The van der Waals surface area contributed by atoms with E-state index in [9.17, 15) is 4.79 Å². The van der Waals surface area contributed by atoms with Crippen molar-refractivity contribution in [2.75, 3.05) is 20.0 Å². The van der Waals surface area contributed by atoms with Crippen molar-refractivity contribution in [2.24, 2.45) is 0 Å². The van der Waals surface area contributed by atoms with E-state index < -0.39 is 0 Å². The molecule has 2 rings (SSSR count). The summed E-state index contributed by atoms with van der Waals surface area (Å²) in [6, 6.07) is 5.20. The van der Waals surface area contributed by atoms with Crippen molar-refractivity contribution >= 4 is 11.6 Å².